The van der Waals surface area contributed by atoms with Gasteiger partial charge in [-0.05, 0) is 44.2 Å². The van der Waals surface area contributed by atoms with Gasteiger partial charge in [-0.25, -0.2) is 4.98 Å². The summed E-state index contributed by atoms with van der Waals surface area (Å²) in [5.41, 5.74) is 2.69. The number of fused-ring (bicyclic) bond motifs is 1. The molecule has 0 saturated heterocycles. The molecule has 2 fully saturated rings. The van der Waals surface area contributed by atoms with Gasteiger partial charge in [-0.1, -0.05) is 6.07 Å². The molecule has 26 heavy (non-hydrogen) atoms. The summed E-state index contributed by atoms with van der Waals surface area (Å²) in [6.45, 7) is 1.98. The highest BCUT2D eigenvalue weighted by Crippen LogP contribution is 2.28. The zero-order valence-corrected chi connectivity index (χ0v) is 14.8. The van der Waals surface area contributed by atoms with E-state index < -0.39 is 6.10 Å². The van der Waals surface area contributed by atoms with Crippen molar-refractivity contribution in [3.63, 3.8) is 0 Å². The van der Waals surface area contributed by atoms with Gasteiger partial charge in [0, 0.05) is 24.4 Å². The molecule has 2 heterocycles. The second-order valence-corrected chi connectivity index (χ2v) is 7.50. The van der Waals surface area contributed by atoms with E-state index in [2.05, 4.69) is 15.6 Å². The van der Waals surface area contributed by atoms with Crippen molar-refractivity contribution in [2.45, 2.75) is 57.2 Å². The number of aromatic nitrogens is 2. The van der Waals surface area contributed by atoms with Crippen molar-refractivity contribution in [3.8, 4) is 0 Å². The molecule has 7 nitrogen and oxygen atoms in total. The summed E-state index contributed by atoms with van der Waals surface area (Å²) in [6, 6.07) is 3.84. The van der Waals surface area contributed by atoms with Crippen LogP contribution in [0.1, 0.15) is 36.9 Å². The molecule has 3 atom stereocenters. The summed E-state index contributed by atoms with van der Waals surface area (Å²) in [5, 5.41) is 16.1. The fraction of sp³-hybridized carbons (Fsp3) is 0.526. The van der Waals surface area contributed by atoms with Crippen LogP contribution in [0, 0.1) is 12.8 Å². The molecule has 4 rings (SSSR count). The van der Waals surface area contributed by atoms with Gasteiger partial charge in [0.25, 0.3) is 0 Å². The fourth-order valence-corrected chi connectivity index (χ4v) is 3.69. The summed E-state index contributed by atoms with van der Waals surface area (Å²) in [5.74, 6) is -0.393. The van der Waals surface area contributed by atoms with Crippen LogP contribution < -0.4 is 10.6 Å². The number of imidazole rings is 1. The van der Waals surface area contributed by atoms with Crippen molar-refractivity contribution >= 4 is 17.5 Å². The van der Waals surface area contributed by atoms with Crippen molar-refractivity contribution in [1.29, 1.82) is 0 Å². The summed E-state index contributed by atoms with van der Waals surface area (Å²) in [7, 11) is 0. The Morgan fingerprint density at radius 3 is 2.88 bits per heavy atom. The van der Waals surface area contributed by atoms with Crippen LogP contribution in [0.3, 0.4) is 0 Å². The van der Waals surface area contributed by atoms with Gasteiger partial charge in [-0.3, -0.25) is 9.59 Å². The van der Waals surface area contributed by atoms with Gasteiger partial charge in [0.1, 0.15) is 5.65 Å². The number of hydrogen-bond donors (Lipinski definition) is 3. The van der Waals surface area contributed by atoms with Gasteiger partial charge in [0.15, 0.2) is 0 Å². The van der Waals surface area contributed by atoms with Crippen molar-refractivity contribution in [2.24, 2.45) is 5.92 Å². The van der Waals surface area contributed by atoms with Crippen molar-refractivity contribution < 1.29 is 14.7 Å². The highest BCUT2D eigenvalue weighted by atomic mass is 16.3. The van der Waals surface area contributed by atoms with E-state index in [1.165, 1.54) is 0 Å². The first kappa shape index (κ1) is 17.0. The van der Waals surface area contributed by atoms with Crippen LogP contribution in [0.25, 0.3) is 5.65 Å². The molecule has 2 aliphatic carbocycles. The molecule has 2 amide bonds. The monoisotopic (exact) mass is 356 g/mol. The molecule has 138 valence electrons. The van der Waals surface area contributed by atoms with Crippen LogP contribution in [0.2, 0.25) is 0 Å². The Morgan fingerprint density at radius 1 is 1.31 bits per heavy atom. The van der Waals surface area contributed by atoms with Crippen LogP contribution in [0.4, 0.5) is 0 Å². The summed E-state index contributed by atoms with van der Waals surface area (Å²) in [6.07, 6.45) is 6.07. The molecule has 7 heteroatoms. The summed E-state index contributed by atoms with van der Waals surface area (Å²) < 4.78 is 1.91. The highest BCUT2D eigenvalue weighted by Gasteiger charge is 2.39. The Bertz CT molecular complexity index is 842. The average Bonchev–Trinajstić information content (AvgIpc) is 3.21. The van der Waals surface area contributed by atoms with Gasteiger partial charge in [0.2, 0.25) is 11.8 Å². The van der Waals surface area contributed by atoms with Crippen LogP contribution >= 0.6 is 0 Å². The topological polar surface area (TPSA) is 95.7 Å². The quantitative estimate of drug-likeness (QED) is 0.736. The first-order chi connectivity index (χ1) is 12.5. The summed E-state index contributed by atoms with van der Waals surface area (Å²) >= 11 is 0. The van der Waals surface area contributed by atoms with E-state index in [4.69, 9.17) is 0 Å². The fourth-order valence-electron chi connectivity index (χ4n) is 3.69. The second-order valence-electron chi connectivity index (χ2n) is 7.50. The molecule has 0 bridgehead atoms. The number of carbonyl (C=O) groups is 2. The Morgan fingerprint density at radius 2 is 2.12 bits per heavy atom. The molecule has 0 unspecified atom stereocenters. The van der Waals surface area contributed by atoms with E-state index in [-0.39, 0.29) is 30.2 Å². The molecule has 0 spiro atoms. The number of pyridine rings is 1. The number of aliphatic hydroxyl groups is 1. The third-order valence-corrected chi connectivity index (χ3v) is 5.32. The lowest BCUT2D eigenvalue weighted by Gasteiger charge is -2.16. The van der Waals surface area contributed by atoms with Gasteiger partial charge in [0.05, 0.1) is 24.3 Å². The SMILES string of the molecule is Cc1cccn2c(CC(=O)N[C@H]3C[C@H](C(=O)NC4CC4)C[C@@H]3O)cnc12. The maximum Gasteiger partial charge on any atom is 0.226 e. The van der Waals surface area contributed by atoms with Gasteiger partial charge < -0.3 is 20.1 Å². The molecule has 0 radical (unpaired) electrons. The first-order valence-electron chi connectivity index (χ1n) is 9.20. The van der Waals surface area contributed by atoms with E-state index in [1.54, 1.807) is 6.20 Å². The minimum atomic E-state index is -0.682. The maximum atomic E-state index is 12.4. The van der Waals surface area contributed by atoms with Crippen LogP contribution in [0.15, 0.2) is 24.5 Å². The number of amides is 2. The van der Waals surface area contributed by atoms with Gasteiger partial charge in [-0.15, -0.1) is 0 Å². The zero-order chi connectivity index (χ0) is 18.3. The molecule has 2 saturated carbocycles. The maximum absolute atomic E-state index is 12.4. The predicted molar refractivity (Wildman–Crippen MR) is 95.5 cm³/mol. The molecule has 0 aromatic carbocycles. The Balaban J connectivity index is 1.36. The molecule has 2 aliphatic rings. The summed E-state index contributed by atoms with van der Waals surface area (Å²) in [4.78, 5) is 29.0. The van der Waals surface area contributed by atoms with Crippen LogP contribution in [-0.4, -0.2) is 44.5 Å². The molecular formula is C19H24N4O3. The Kier molecular flexibility index (Phi) is 4.40. The van der Waals surface area contributed by atoms with Crippen LogP contribution in [0.5, 0.6) is 0 Å². The molecule has 2 aromatic heterocycles. The minimum absolute atomic E-state index is 0.000517. The van der Waals surface area contributed by atoms with Crippen molar-refractivity contribution in [3.05, 3.63) is 35.8 Å². The van der Waals surface area contributed by atoms with Gasteiger partial charge >= 0.3 is 0 Å². The minimum Gasteiger partial charge on any atom is -0.391 e. The lowest BCUT2D eigenvalue weighted by Crippen LogP contribution is -2.41. The standard InChI is InChI=1S/C19H24N4O3/c1-11-3-2-6-23-14(10-20-18(11)23)9-17(25)22-15-7-12(8-16(15)24)19(26)21-13-4-5-13/h2-3,6,10,12-13,15-16,24H,4-5,7-9H2,1H3,(H,21,26)(H,22,25)/t12-,15-,16-/m0/s1. The van der Waals surface area contributed by atoms with E-state index >= 15 is 0 Å². The van der Waals surface area contributed by atoms with Gasteiger partial charge in [-0.2, -0.15) is 0 Å². The highest BCUT2D eigenvalue weighted by molar-refractivity contribution is 5.81. The third-order valence-electron chi connectivity index (χ3n) is 5.32. The lowest BCUT2D eigenvalue weighted by molar-refractivity contribution is -0.125. The predicted octanol–water partition coefficient (Wildman–Crippen LogP) is 0.720. The average molecular weight is 356 g/mol. The lowest BCUT2D eigenvalue weighted by atomic mass is 10.1. The molecule has 0 aliphatic heterocycles. The number of nitrogens with zero attached hydrogens (tertiary/aromatic N) is 2. The van der Waals surface area contributed by atoms with Crippen molar-refractivity contribution in [1.82, 2.24) is 20.0 Å². The number of aryl methyl sites for hydroxylation is 1. The first-order valence-corrected chi connectivity index (χ1v) is 9.20. The largest absolute Gasteiger partial charge is 0.391 e. The number of rotatable bonds is 5. The van der Waals surface area contributed by atoms with Crippen molar-refractivity contribution in [2.75, 3.05) is 0 Å². The smallest absolute Gasteiger partial charge is 0.226 e. The number of carbonyl (C=O) groups excluding carboxylic acids is 2. The Labute approximate surface area is 151 Å². The van der Waals surface area contributed by atoms with E-state index in [0.29, 0.717) is 18.9 Å². The number of hydrogen-bond acceptors (Lipinski definition) is 4. The number of nitrogens with one attached hydrogen (secondary N) is 2. The molecule has 3 N–H and O–H groups in total. The molecule has 2 aromatic rings. The second kappa shape index (κ2) is 6.72. The van der Waals surface area contributed by atoms with E-state index in [1.807, 2.05) is 29.7 Å². The zero-order valence-electron chi connectivity index (χ0n) is 14.8. The Hall–Kier alpha value is -2.41. The number of aliphatic hydroxyl groups excluding tert-OH is 1. The van der Waals surface area contributed by atoms with Crippen LogP contribution in [-0.2, 0) is 16.0 Å². The molecular weight excluding hydrogens is 332 g/mol. The third kappa shape index (κ3) is 3.44. The van der Waals surface area contributed by atoms with E-state index in [0.717, 1.165) is 29.7 Å². The van der Waals surface area contributed by atoms with E-state index in [9.17, 15) is 14.7 Å². The normalized spacial score (nSPS) is 25.4.